The first-order chi connectivity index (χ1) is 14.9. The van der Waals surface area contributed by atoms with Crippen LogP contribution in [0.25, 0.3) is 15.9 Å². The minimum absolute atomic E-state index is 0.0560. The van der Waals surface area contributed by atoms with Gasteiger partial charge in [-0.05, 0) is 65.9 Å². The number of fused-ring (bicyclic) bond motifs is 3. The molecule has 0 aliphatic heterocycles. The van der Waals surface area contributed by atoms with Crippen LogP contribution in [0.1, 0.15) is 41.1 Å². The second kappa shape index (κ2) is 7.56. The Labute approximate surface area is 178 Å². The first-order valence-corrected chi connectivity index (χ1v) is 10.7. The highest BCUT2D eigenvalue weighted by Crippen LogP contribution is 2.33. The third kappa shape index (κ3) is 3.62. The van der Waals surface area contributed by atoms with Crippen molar-refractivity contribution in [2.24, 2.45) is 0 Å². The molecule has 0 radical (unpaired) electrons. The van der Waals surface area contributed by atoms with E-state index in [4.69, 9.17) is 0 Å². The lowest BCUT2D eigenvalue weighted by atomic mass is 10.1. The number of benzene rings is 1. The molecule has 0 spiro atoms. The van der Waals surface area contributed by atoms with Crippen molar-refractivity contribution in [1.29, 1.82) is 0 Å². The molecule has 3 heterocycles. The fraction of sp³-hybridized carbons (Fsp3) is 0.350. The van der Waals surface area contributed by atoms with E-state index in [1.165, 1.54) is 32.6 Å². The van der Waals surface area contributed by atoms with Crippen LogP contribution in [0.5, 0.6) is 0 Å². The standard InChI is InChI=1S/C20H17F3N6OS/c21-20(22,23)12-6-8-13(9-7-12)29-16(25-26-27-29)10-28-11-24-18-17(19(28)30)14-4-2-1-3-5-15(14)31-18/h6-9,11H,1-5,10H2. The first-order valence-electron chi connectivity index (χ1n) is 9.86. The summed E-state index contributed by atoms with van der Waals surface area (Å²) in [6.45, 7) is 0.0560. The van der Waals surface area contributed by atoms with Gasteiger partial charge >= 0.3 is 6.18 Å². The second-order valence-electron chi connectivity index (χ2n) is 7.47. The molecule has 0 N–H and O–H groups in total. The lowest BCUT2D eigenvalue weighted by Crippen LogP contribution is -2.23. The highest BCUT2D eigenvalue weighted by molar-refractivity contribution is 7.18. The summed E-state index contributed by atoms with van der Waals surface area (Å²) in [7, 11) is 0. The molecule has 0 saturated heterocycles. The second-order valence-corrected chi connectivity index (χ2v) is 8.56. The van der Waals surface area contributed by atoms with Crippen molar-refractivity contribution in [1.82, 2.24) is 29.8 Å². The molecule has 31 heavy (non-hydrogen) atoms. The SMILES string of the molecule is O=c1c2c3c(sc2ncn1Cc1nnnn1-c1ccc(C(F)(F)F)cc1)CCCCC3. The third-order valence-electron chi connectivity index (χ3n) is 5.48. The van der Waals surface area contributed by atoms with E-state index in [9.17, 15) is 18.0 Å². The van der Waals surface area contributed by atoms with Gasteiger partial charge in [0.2, 0.25) is 0 Å². The van der Waals surface area contributed by atoms with Crippen molar-refractivity contribution in [2.45, 2.75) is 44.8 Å². The van der Waals surface area contributed by atoms with Gasteiger partial charge in [-0.3, -0.25) is 9.36 Å². The summed E-state index contributed by atoms with van der Waals surface area (Å²) >= 11 is 1.59. The average Bonchev–Trinajstić information content (AvgIpc) is 3.27. The van der Waals surface area contributed by atoms with Crippen molar-refractivity contribution < 1.29 is 13.2 Å². The molecule has 4 aromatic rings. The molecular formula is C20H17F3N6OS. The first kappa shape index (κ1) is 19.9. The molecule has 160 valence electrons. The molecule has 0 unspecified atom stereocenters. The normalized spacial score (nSPS) is 14.5. The summed E-state index contributed by atoms with van der Waals surface area (Å²) < 4.78 is 41.3. The molecule has 1 aliphatic rings. The topological polar surface area (TPSA) is 78.5 Å². The van der Waals surface area contributed by atoms with Crippen LogP contribution in [0.3, 0.4) is 0 Å². The van der Waals surface area contributed by atoms with Gasteiger partial charge in [-0.15, -0.1) is 16.4 Å². The summed E-state index contributed by atoms with van der Waals surface area (Å²) in [5, 5.41) is 12.1. The predicted molar refractivity (Wildman–Crippen MR) is 108 cm³/mol. The highest BCUT2D eigenvalue weighted by Gasteiger charge is 2.30. The van der Waals surface area contributed by atoms with Crippen molar-refractivity contribution in [3.63, 3.8) is 0 Å². The molecule has 0 fully saturated rings. The van der Waals surface area contributed by atoms with E-state index in [1.807, 2.05) is 0 Å². The fourth-order valence-corrected chi connectivity index (χ4v) is 5.14. The molecule has 0 saturated carbocycles. The Kier molecular flexibility index (Phi) is 4.84. The van der Waals surface area contributed by atoms with Gasteiger partial charge in [-0.2, -0.15) is 17.9 Å². The van der Waals surface area contributed by atoms with E-state index >= 15 is 0 Å². The molecule has 11 heteroatoms. The summed E-state index contributed by atoms with van der Waals surface area (Å²) in [4.78, 5) is 19.7. The van der Waals surface area contributed by atoms with Crippen LogP contribution in [0.4, 0.5) is 13.2 Å². The van der Waals surface area contributed by atoms with Gasteiger partial charge in [0.15, 0.2) is 5.82 Å². The van der Waals surface area contributed by atoms with Crippen LogP contribution in [-0.2, 0) is 25.6 Å². The van der Waals surface area contributed by atoms with E-state index < -0.39 is 11.7 Å². The highest BCUT2D eigenvalue weighted by atomic mass is 32.1. The van der Waals surface area contributed by atoms with Crippen LogP contribution in [-0.4, -0.2) is 29.8 Å². The monoisotopic (exact) mass is 446 g/mol. The maximum Gasteiger partial charge on any atom is 0.416 e. The molecular weight excluding hydrogens is 429 g/mol. The number of tetrazole rings is 1. The Bertz CT molecular complexity index is 1310. The Morgan fingerprint density at radius 1 is 1.06 bits per heavy atom. The number of rotatable bonds is 3. The maximum absolute atomic E-state index is 13.2. The van der Waals surface area contributed by atoms with Gasteiger partial charge < -0.3 is 0 Å². The maximum atomic E-state index is 13.2. The zero-order valence-electron chi connectivity index (χ0n) is 16.3. The quantitative estimate of drug-likeness (QED) is 0.448. The molecule has 5 rings (SSSR count). The van der Waals surface area contributed by atoms with E-state index in [2.05, 4.69) is 20.5 Å². The summed E-state index contributed by atoms with van der Waals surface area (Å²) in [5.74, 6) is 0.323. The smallest absolute Gasteiger partial charge is 0.291 e. The van der Waals surface area contributed by atoms with Gasteiger partial charge in [-0.1, -0.05) is 6.42 Å². The molecule has 0 atom stereocenters. The molecule has 0 amide bonds. The average molecular weight is 446 g/mol. The van der Waals surface area contributed by atoms with Crippen LogP contribution >= 0.6 is 11.3 Å². The van der Waals surface area contributed by atoms with Crippen molar-refractivity contribution >= 4 is 21.6 Å². The van der Waals surface area contributed by atoms with Crippen LogP contribution in [0, 0.1) is 0 Å². The summed E-state index contributed by atoms with van der Waals surface area (Å²) in [6.07, 6.45) is 2.23. The number of aryl methyl sites for hydroxylation is 2. The van der Waals surface area contributed by atoms with E-state index in [-0.39, 0.29) is 12.1 Å². The van der Waals surface area contributed by atoms with Gasteiger partial charge in [0, 0.05) is 4.88 Å². The van der Waals surface area contributed by atoms with E-state index in [0.717, 1.165) is 54.6 Å². The number of aromatic nitrogens is 6. The van der Waals surface area contributed by atoms with Crippen LogP contribution < -0.4 is 5.56 Å². The molecule has 0 bridgehead atoms. The predicted octanol–water partition coefficient (Wildman–Crippen LogP) is 3.77. The summed E-state index contributed by atoms with van der Waals surface area (Å²) in [6, 6.07) is 4.54. The third-order valence-corrected chi connectivity index (χ3v) is 6.68. The number of thiophene rings is 1. The van der Waals surface area contributed by atoms with Crippen molar-refractivity contribution in [3.8, 4) is 5.69 Å². The number of hydrogen-bond acceptors (Lipinski definition) is 6. The summed E-state index contributed by atoms with van der Waals surface area (Å²) in [5.41, 5.74) is 0.576. The van der Waals surface area contributed by atoms with Crippen molar-refractivity contribution in [3.05, 3.63) is 62.8 Å². The van der Waals surface area contributed by atoms with Gasteiger partial charge in [-0.25, -0.2) is 4.98 Å². The zero-order chi connectivity index (χ0) is 21.6. The van der Waals surface area contributed by atoms with Crippen LogP contribution in [0.2, 0.25) is 0 Å². The number of nitrogens with zero attached hydrogens (tertiary/aromatic N) is 6. The Balaban J connectivity index is 1.50. The fourth-order valence-electron chi connectivity index (χ4n) is 3.92. The van der Waals surface area contributed by atoms with Crippen LogP contribution in [0.15, 0.2) is 35.4 Å². The number of alkyl halides is 3. The Hall–Kier alpha value is -3.08. The minimum Gasteiger partial charge on any atom is -0.291 e. The minimum atomic E-state index is -4.42. The molecule has 1 aliphatic carbocycles. The van der Waals surface area contributed by atoms with Gasteiger partial charge in [0.1, 0.15) is 4.83 Å². The van der Waals surface area contributed by atoms with Gasteiger partial charge in [0.25, 0.3) is 5.56 Å². The van der Waals surface area contributed by atoms with Gasteiger partial charge in [0.05, 0.1) is 29.5 Å². The van der Waals surface area contributed by atoms with E-state index in [1.54, 1.807) is 11.3 Å². The molecule has 1 aromatic carbocycles. The lowest BCUT2D eigenvalue weighted by Gasteiger charge is -2.09. The molecule has 7 nitrogen and oxygen atoms in total. The lowest BCUT2D eigenvalue weighted by molar-refractivity contribution is -0.137. The molecule has 3 aromatic heterocycles. The largest absolute Gasteiger partial charge is 0.416 e. The Morgan fingerprint density at radius 2 is 1.84 bits per heavy atom. The van der Waals surface area contributed by atoms with E-state index in [0.29, 0.717) is 16.9 Å². The zero-order valence-corrected chi connectivity index (χ0v) is 17.1. The van der Waals surface area contributed by atoms with Crippen molar-refractivity contribution in [2.75, 3.05) is 0 Å². The number of halogens is 3. The Morgan fingerprint density at radius 3 is 2.61 bits per heavy atom. The number of hydrogen-bond donors (Lipinski definition) is 0.